The first-order valence-electron chi connectivity index (χ1n) is 13.4. The van der Waals surface area contributed by atoms with Crippen LogP contribution in [0.5, 0.6) is 0 Å². The molecule has 38 heavy (non-hydrogen) atoms. The topological polar surface area (TPSA) is 89.9 Å². The molecule has 2 fully saturated rings. The first-order chi connectivity index (χ1) is 18.1. The van der Waals surface area contributed by atoms with Gasteiger partial charge < -0.3 is 14.8 Å². The maximum atomic E-state index is 13.8. The lowest BCUT2D eigenvalue weighted by atomic mass is 9.76. The highest BCUT2D eigenvalue weighted by atomic mass is 19.1. The minimum Gasteiger partial charge on any atom is -0.444 e. The van der Waals surface area contributed by atoms with Gasteiger partial charge in [0.1, 0.15) is 17.3 Å². The summed E-state index contributed by atoms with van der Waals surface area (Å²) >= 11 is 0. The zero-order chi connectivity index (χ0) is 27.2. The largest absolute Gasteiger partial charge is 0.444 e. The van der Waals surface area contributed by atoms with Gasteiger partial charge in [-0.2, -0.15) is 0 Å². The number of carbonyl (C=O) groups is 3. The van der Waals surface area contributed by atoms with Crippen molar-refractivity contribution in [1.29, 1.82) is 0 Å². The Morgan fingerprint density at radius 2 is 1.82 bits per heavy atom. The Morgan fingerprint density at radius 3 is 2.47 bits per heavy atom. The molecule has 5 rings (SSSR count). The lowest BCUT2D eigenvalue weighted by Gasteiger charge is -2.34. The fourth-order valence-corrected chi connectivity index (χ4v) is 6.31. The number of likely N-dealkylation sites (tertiary alicyclic amines) is 1. The Labute approximate surface area is 220 Å². The molecule has 0 unspecified atom stereocenters. The zero-order valence-corrected chi connectivity index (χ0v) is 22.1. The minimum atomic E-state index is -2.01. The SMILES string of the molecule is CC(C)(C)OC(=O)N1CC[C@@H](C2CCCCC2)[C@H]1C(=O)Nc1ccc2c(c1)cc1n2C(CF)(CF)OC1=O. The van der Waals surface area contributed by atoms with Crippen LogP contribution in [0.2, 0.25) is 0 Å². The molecule has 2 aliphatic heterocycles. The Hall–Kier alpha value is -3.17. The number of rotatable bonds is 5. The van der Waals surface area contributed by atoms with Gasteiger partial charge in [0, 0.05) is 17.6 Å². The van der Waals surface area contributed by atoms with E-state index in [2.05, 4.69) is 5.32 Å². The quantitative estimate of drug-likeness (QED) is 0.511. The number of anilines is 1. The van der Waals surface area contributed by atoms with E-state index in [0.29, 0.717) is 29.1 Å². The normalized spacial score (nSPS) is 23.4. The Bertz CT molecular complexity index is 1240. The van der Waals surface area contributed by atoms with Gasteiger partial charge in [0.25, 0.3) is 0 Å². The second-order valence-electron chi connectivity index (χ2n) is 11.7. The van der Waals surface area contributed by atoms with Crippen LogP contribution in [0.25, 0.3) is 10.9 Å². The molecule has 0 bridgehead atoms. The number of amides is 2. The van der Waals surface area contributed by atoms with Gasteiger partial charge in [-0.25, -0.2) is 18.4 Å². The number of nitrogens with one attached hydrogen (secondary N) is 1. The lowest BCUT2D eigenvalue weighted by molar-refractivity contribution is -0.122. The molecule has 2 atom stereocenters. The van der Waals surface area contributed by atoms with Crippen molar-refractivity contribution in [2.24, 2.45) is 11.8 Å². The molecular weight excluding hydrogens is 496 g/mol. The van der Waals surface area contributed by atoms with Crippen LogP contribution in [0.15, 0.2) is 24.3 Å². The molecule has 206 valence electrons. The van der Waals surface area contributed by atoms with E-state index < -0.39 is 42.8 Å². The first-order valence-corrected chi connectivity index (χ1v) is 13.4. The number of nitrogens with zero attached hydrogens (tertiary/aromatic N) is 2. The van der Waals surface area contributed by atoms with Crippen LogP contribution in [0.1, 0.15) is 69.8 Å². The second-order valence-corrected chi connectivity index (χ2v) is 11.7. The summed E-state index contributed by atoms with van der Waals surface area (Å²) in [4.78, 5) is 40.7. The molecule has 3 aliphatic rings. The van der Waals surface area contributed by atoms with Crippen LogP contribution < -0.4 is 5.32 Å². The number of esters is 1. The highest BCUT2D eigenvalue weighted by Crippen LogP contribution is 2.41. The standard InChI is InChI=1S/C28H35F2N3O5/c1-27(2,3)38-26(36)32-12-11-20(17-7-5-4-6-8-17)23(32)24(34)31-19-9-10-21-18(13-19)14-22-25(35)37-28(15-29,16-30)33(21)22/h9-10,13-14,17,20,23H,4-8,11-12,15-16H2,1-3H3,(H,31,34)/t20-,23-/m0/s1. The minimum absolute atomic E-state index is 0.0364. The van der Waals surface area contributed by atoms with Crippen molar-refractivity contribution in [3.63, 3.8) is 0 Å². The van der Waals surface area contributed by atoms with Crippen molar-refractivity contribution in [3.8, 4) is 0 Å². The molecule has 3 heterocycles. The summed E-state index contributed by atoms with van der Waals surface area (Å²) in [6.07, 6.45) is 5.77. The first kappa shape index (κ1) is 26.4. The average Bonchev–Trinajstić information content (AvgIpc) is 3.56. The monoisotopic (exact) mass is 531 g/mol. The predicted octanol–water partition coefficient (Wildman–Crippen LogP) is 5.55. The Balaban J connectivity index is 1.42. The molecule has 1 aliphatic carbocycles. The Morgan fingerprint density at radius 1 is 1.11 bits per heavy atom. The van der Waals surface area contributed by atoms with Crippen molar-refractivity contribution < 1.29 is 32.6 Å². The number of fused-ring (bicyclic) bond motifs is 3. The van der Waals surface area contributed by atoms with Crippen LogP contribution in [0.3, 0.4) is 0 Å². The molecule has 0 spiro atoms. The van der Waals surface area contributed by atoms with Crippen molar-refractivity contribution in [2.75, 3.05) is 25.2 Å². The van der Waals surface area contributed by atoms with E-state index in [4.69, 9.17) is 9.47 Å². The van der Waals surface area contributed by atoms with Gasteiger partial charge in [0.15, 0.2) is 13.3 Å². The summed E-state index contributed by atoms with van der Waals surface area (Å²) in [5.41, 5.74) is -1.75. The summed E-state index contributed by atoms with van der Waals surface area (Å²) in [5, 5.41) is 3.50. The molecule has 1 aromatic heterocycles. The van der Waals surface area contributed by atoms with Crippen LogP contribution in [-0.2, 0) is 20.0 Å². The molecule has 8 nitrogen and oxygen atoms in total. The third-order valence-corrected chi connectivity index (χ3v) is 7.98. The number of alkyl halides is 2. The fraction of sp³-hybridized carbons (Fsp3) is 0.607. The van der Waals surface area contributed by atoms with Crippen molar-refractivity contribution in [2.45, 2.75) is 76.7 Å². The molecule has 10 heteroatoms. The maximum Gasteiger partial charge on any atom is 0.410 e. The van der Waals surface area contributed by atoms with Crippen LogP contribution in [0.4, 0.5) is 19.3 Å². The third-order valence-electron chi connectivity index (χ3n) is 7.98. The number of hydrogen-bond donors (Lipinski definition) is 1. The van der Waals surface area contributed by atoms with Crippen molar-refractivity contribution in [3.05, 3.63) is 30.0 Å². The van der Waals surface area contributed by atoms with Gasteiger partial charge in [-0.3, -0.25) is 14.3 Å². The molecule has 1 aromatic carbocycles. The molecule has 1 saturated carbocycles. The number of halogens is 2. The number of benzene rings is 1. The lowest BCUT2D eigenvalue weighted by Crippen LogP contribution is -2.49. The van der Waals surface area contributed by atoms with E-state index in [1.807, 2.05) is 0 Å². The van der Waals surface area contributed by atoms with E-state index in [-0.39, 0.29) is 17.5 Å². The summed E-state index contributed by atoms with van der Waals surface area (Å²) in [6, 6.07) is 5.74. The third kappa shape index (κ3) is 4.62. The van der Waals surface area contributed by atoms with Gasteiger partial charge in [-0.15, -0.1) is 0 Å². The van der Waals surface area contributed by atoms with Crippen molar-refractivity contribution >= 4 is 34.6 Å². The second kappa shape index (κ2) is 9.85. The summed E-state index contributed by atoms with van der Waals surface area (Å²) in [6.45, 7) is 3.46. The molecule has 2 amide bonds. The maximum absolute atomic E-state index is 13.8. The van der Waals surface area contributed by atoms with Gasteiger partial charge in [0.05, 0.1) is 5.52 Å². The van der Waals surface area contributed by atoms with E-state index in [0.717, 1.165) is 32.1 Å². The number of aromatic nitrogens is 1. The number of cyclic esters (lactones) is 1. The number of ether oxygens (including phenoxy) is 2. The highest BCUT2D eigenvalue weighted by molar-refractivity contribution is 6.01. The Kier molecular flexibility index (Phi) is 6.86. The van der Waals surface area contributed by atoms with E-state index in [1.165, 1.54) is 17.1 Å². The summed E-state index contributed by atoms with van der Waals surface area (Å²) in [5.74, 6) is -0.689. The molecule has 2 aromatic rings. The average molecular weight is 532 g/mol. The van der Waals surface area contributed by atoms with E-state index in [1.54, 1.807) is 43.9 Å². The van der Waals surface area contributed by atoms with Crippen LogP contribution >= 0.6 is 0 Å². The molecular formula is C28H35F2N3O5. The summed E-state index contributed by atoms with van der Waals surface area (Å²) < 4.78 is 39.5. The fourth-order valence-electron chi connectivity index (χ4n) is 6.31. The smallest absolute Gasteiger partial charge is 0.410 e. The number of carbonyl (C=O) groups excluding carboxylic acids is 3. The zero-order valence-electron chi connectivity index (χ0n) is 22.1. The van der Waals surface area contributed by atoms with Gasteiger partial charge >= 0.3 is 12.1 Å². The number of hydrogen-bond acceptors (Lipinski definition) is 5. The highest BCUT2D eigenvalue weighted by Gasteiger charge is 2.48. The molecule has 1 N–H and O–H groups in total. The predicted molar refractivity (Wildman–Crippen MR) is 137 cm³/mol. The summed E-state index contributed by atoms with van der Waals surface area (Å²) in [7, 11) is 0. The van der Waals surface area contributed by atoms with E-state index >= 15 is 0 Å². The van der Waals surface area contributed by atoms with Crippen LogP contribution in [-0.4, -0.2) is 59.0 Å². The molecule has 1 saturated heterocycles. The van der Waals surface area contributed by atoms with Gasteiger partial charge in [-0.1, -0.05) is 32.1 Å². The van der Waals surface area contributed by atoms with E-state index in [9.17, 15) is 23.2 Å². The van der Waals surface area contributed by atoms with Crippen molar-refractivity contribution in [1.82, 2.24) is 9.47 Å². The molecule has 0 radical (unpaired) electrons. The van der Waals surface area contributed by atoms with Gasteiger partial charge in [0.2, 0.25) is 11.6 Å². The van der Waals surface area contributed by atoms with Crippen LogP contribution in [0, 0.1) is 11.8 Å². The van der Waals surface area contributed by atoms with Gasteiger partial charge in [-0.05, 0) is 63.3 Å².